The minimum Gasteiger partial charge on any atom is -0.404 e. The summed E-state index contributed by atoms with van der Waals surface area (Å²) in [6.45, 7) is 12.6. The van der Waals surface area contributed by atoms with Crippen molar-refractivity contribution in [3.63, 3.8) is 0 Å². The highest BCUT2D eigenvalue weighted by molar-refractivity contribution is 7.46. The molecule has 0 amide bonds. The van der Waals surface area contributed by atoms with Crippen LogP contribution in [0.5, 0.6) is 5.75 Å². The molecular formula is C16H27O4P. The molecule has 0 fully saturated rings. The molecule has 0 bridgehead atoms. The highest BCUT2D eigenvalue weighted by Gasteiger charge is 2.33. The van der Waals surface area contributed by atoms with Crippen molar-refractivity contribution in [1.29, 1.82) is 0 Å². The van der Waals surface area contributed by atoms with Crippen LogP contribution >= 0.6 is 7.82 Å². The third-order valence-corrected chi connectivity index (χ3v) is 4.85. The van der Waals surface area contributed by atoms with Crippen molar-refractivity contribution >= 4 is 7.82 Å². The molecule has 0 radical (unpaired) electrons. The fourth-order valence-electron chi connectivity index (χ4n) is 2.36. The van der Waals surface area contributed by atoms with Crippen molar-refractivity contribution in [2.24, 2.45) is 0 Å². The topological polar surface area (TPSA) is 66.8 Å². The second kappa shape index (κ2) is 6.12. The first-order valence-corrected chi connectivity index (χ1v) is 8.86. The molecular weight excluding hydrogens is 287 g/mol. The van der Waals surface area contributed by atoms with Gasteiger partial charge in [-0.25, -0.2) is 4.57 Å². The van der Waals surface area contributed by atoms with Gasteiger partial charge in [0.15, 0.2) is 0 Å². The number of phosphoric acid groups is 1. The SMILES string of the molecule is CCC(C)(C)c1cccc(OP(=O)(O)O)c1C(C)(C)CC. The monoisotopic (exact) mass is 314 g/mol. The number of hydrogen-bond donors (Lipinski definition) is 2. The zero-order valence-electron chi connectivity index (χ0n) is 13.8. The van der Waals surface area contributed by atoms with Gasteiger partial charge in [-0.15, -0.1) is 0 Å². The van der Waals surface area contributed by atoms with Gasteiger partial charge in [0.25, 0.3) is 0 Å². The lowest BCUT2D eigenvalue weighted by atomic mass is 9.71. The molecule has 2 N–H and O–H groups in total. The second-order valence-electron chi connectivity index (χ2n) is 6.74. The van der Waals surface area contributed by atoms with Crippen LogP contribution < -0.4 is 4.52 Å². The summed E-state index contributed by atoms with van der Waals surface area (Å²) in [4.78, 5) is 18.3. The van der Waals surface area contributed by atoms with E-state index in [1.807, 2.05) is 6.07 Å². The van der Waals surface area contributed by atoms with Crippen LogP contribution in [0.2, 0.25) is 0 Å². The van der Waals surface area contributed by atoms with E-state index >= 15 is 0 Å². The maximum atomic E-state index is 11.3. The fraction of sp³-hybridized carbons (Fsp3) is 0.625. The van der Waals surface area contributed by atoms with Crippen LogP contribution in [0.25, 0.3) is 0 Å². The van der Waals surface area contributed by atoms with Gasteiger partial charge >= 0.3 is 7.82 Å². The average Bonchev–Trinajstić information content (AvgIpc) is 2.36. The molecule has 0 aliphatic rings. The smallest absolute Gasteiger partial charge is 0.404 e. The molecule has 0 aromatic heterocycles. The maximum Gasteiger partial charge on any atom is 0.524 e. The summed E-state index contributed by atoms with van der Waals surface area (Å²) in [5.74, 6) is 0.286. The van der Waals surface area contributed by atoms with Crippen LogP contribution in [0.4, 0.5) is 0 Å². The second-order valence-corrected chi connectivity index (χ2v) is 7.90. The normalized spacial score (nSPS) is 13.3. The third-order valence-electron chi connectivity index (χ3n) is 4.42. The van der Waals surface area contributed by atoms with Crippen LogP contribution in [0.15, 0.2) is 18.2 Å². The van der Waals surface area contributed by atoms with Gasteiger partial charge in [0.05, 0.1) is 0 Å². The molecule has 1 aromatic carbocycles. The van der Waals surface area contributed by atoms with Gasteiger partial charge in [0.2, 0.25) is 0 Å². The Bertz CT molecular complexity index is 543. The predicted molar refractivity (Wildman–Crippen MR) is 85.7 cm³/mol. The highest BCUT2D eigenvalue weighted by Crippen LogP contribution is 2.47. The Hall–Kier alpha value is -0.830. The number of phosphoric ester groups is 1. The van der Waals surface area contributed by atoms with Gasteiger partial charge in [-0.1, -0.05) is 53.7 Å². The molecule has 0 spiro atoms. The zero-order chi connectivity index (χ0) is 16.5. The van der Waals surface area contributed by atoms with Gasteiger partial charge in [-0.2, -0.15) is 0 Å². The molecule has 0 heterocycles. The Balaban J connectivity index is 3.61. The summed E-state index contributed by atoms with van der Waals surface area (Å²) in [7, 11) is -4.58. The van der Waals surface area contributed by atoms with E-state index in [-0.39, 0.29) is 16.6 Å². The molecule has 21 heavy (non-hydrogen) atoms. The van der Waals surface area contributed by atoms with E-state index in [0.29, 0.717) is 0 Å². The highest BCUT2D eigenvalue weighted by atomic mass is 31.2. The third kappa shape index (κ3) is 4.32. The van der Waals surface area contributed by atoms with Crippen LogP contribution in [0.1, 0.15) is 65.5 Å². The summed E-state index contributed by atoms with van der Waals surface area (Å²) in [5, 5.41) is 0. The Labute approximate surface area is 127 Å². The predicted octanol–water partition coefficient (Wildman–Crippen LogP) is 4.53. The van der Waals surface area contributed by atoms with E-state index in [0.717, 1.165) is 24.0 Å². The van der Waals surface area contributed by atoms with Gasteiger partial charge < -0.3 is 4.52 Å². The van der Waals surface area contributed by atoms with Gasteiger partial charge in [0, 0.05) is 5.56 Å². The first-order chi connectivity index (χ1) is 9.44. The zero-order valence-corrected chi connectivity index (χ0v) is 14.7. The average molecular weight is 314 g/mol. The van der Waals surface area contributed by atoms with E-state index in [2.05, 4.69) is 41.5 Å². The molecule has 0 atom stereocenters. The summed E-state index contributed by atoms with van der Waals surface area (Å²) < 4.78 is 16.2. The van der Waals surface area contributed by atoms with Crippen LogP contribution in [0, 0.1) is 0 Å². The summed E-state index contributed by atoms with van der Waals surface area (Å²) in [6.07, 6.45) is 1.78. The quantitative estimate of drug-likeness (QED) is 0.757. The first kappa shape index (κ1) is 18.2. The molecule has 1 rings (SSSR count). The molecule has 120 valence electrons. The molecule has 1 aromatic rings. The molecule has 4 nitrogen and oxygen atoms in total. The van der Waals surface area contributed by atoms with Crippen molar-refractivity contribution in [3.8, 4) is 5.75 Å². The molecule has 0 aliphatic heterocycles. The largest absolute Gasteiger partial charge is 0.524 e. The van der Waals surface area contributed by atoms with Gasteiger partial charge in [-0.05, 0) is 35.3 Å². The minimum atomic E-state index is -4.58. The lowest BCUT2D eigenvalue weighted by Gasteiger charge is -2.35. The molecule has 0 unspecified atom stereocenters. The van der Waals surface area contributed by atoms with Crippen molar-refractivity contribution in [2.75, 3.05) is 0 Å². The van der Waals surface area contributed by atoms with Crippen LogP contribution in [-0.2, 0) is 15.4 Å². The Morgan fingerprint density at radius 1 is 1.05 bits per heavy atom. The number of hydrogen-bond acceptors (Lipinski definition) is 2. The lowest BCUT2D eigenvalue weighted by Crippen LogP contribution is -2.26. The van der Waals surface area contributed by atoms with Crippen LogP contribution in [-0.4, -0.2) is 9.79 Å². The Morgan fingerprint density at radius 3 is 2.00 bits per heavy atom. The summed E-state index contributed by atoms with van der Waals surface area (Å²) in [6, 6.07) is 5.47. The standard InChI is InChI=1S/C16H27O4P/c1-7-15(3,4)12-10-9-11-13(20-21(17,18)19)14(12)16(5,6)8-2/h9-11H,7-8H2,1-6H3,(H2,17,18,19). The molecule has 0 aliphatic carbocycles. The minimum absolute atomic E-state index is 0.0873. The Morgan fingerprint density at radius 2 is 1.57 bits per heavy atom. The van der Waals surface area contributed by atoms with Gasteiger partial charge in [-0.3, -0.25) is 9.79 Å². The Kier molecular flexibility index (Phi) is 5.31. The molecule has 0 saturated heterocycles. The van der Waals surface area contributed by atoms with Crippen molar-refractivity contribution < 1.29 is 18.9 Å². The van der Waals surface area contributed by atoms with Gasteiger partial charge in [0.1, 0.15) is 5.75 Å². The van der Waals surface area contributed by atoms with Crippen molar-refractivity contribution in [1.82, 2.24) is 0 Å². The summed E-state index contributed by atoms with van der Waals surface area (Å²) in [5.41, 5.74) is 1.66. The summed E-state index contributed by atoms with van der Waals surface area (Å²) >= 11 is 0. The maximum absolute atomic E-state index is 11.3. The fourth-order valence-corrected chi connectivity index (χ4v) is 2.77. The van der Waals surface area contributed by atoms with E-state index in [4.69, 9.17) is 4.52 Å². The van der Waals surface area contributed by atoms with E-state index in [1.54, 1.807) is 12.1 Å². The number of benzene rings is 1. The van der Waals surface area contributed by atoms with E-state index in [1.165, 1.54) is 0 Å². The van der Waals surface area contributed by atoms with Crippen LogP contribution in [0.3, 0.4) is 0 Å². The lowest BCUT2D eigenvalue weighted by molar-refractivity contribution is 0.279. The molecule has 0 saturated carbocycles. The number of rotatable bonds is 6. The first-order valence-electron chi connectivity index (χ1n) is 7.33. The van der Waals surface area contributed by atoms with E-state index in [9.17, 15) is 14.4 Å². The van der Waals surface area contributed by atoms with Crippen molar-refractivity contribution in [3.05, 3.63) is 29.3 Å². The van der Waals surface area contributed by atoms with E-state index < -0.39 is 7.82 Å². The van der Waals surface area contributed by atoms with Crippen molar-refractivity contribution in [2.45, 2.75) is 65.2 Å². The molecule has 5 heteroatoms.